The second-order valence-corrected chi connectivity index (χ2v) is 4.78. The summed E-state index contributed by atoms with van der Waals surface area (Å²) >= 11 is 0. The molecule has 0 radical (unpaired) electrons. The second kappa shape index (κ2) is 4.64. The number of esters is 1. The Bertz CT molecular complexity index is 322. The van der Waals surface area contributed by atoms with Gasteiger partial charge in [0.2, 0.25) is 5.91 Å². The predicted octanol–water partition coefficient (Wildman–Crippen LogP) is 0.623. The monoisotopic (exact) mass is 241 g/mol. The van der Waals surface area contributed by atoms with Crippen molar-refractivity contribution >= 4 is 11.9 Å². The molecule has 1 heterocycles. The zero-order valence-electron chi connectivity index (χ0n) is 10.3. The van der Waals surface area contributed by atoms with E-state index >= 15 is 0 Å². The molecular weight excluding hydrogens is 222 g/mol. The Morgan fingerprint density at radius 2 is 2.12 bits per heavy atom. The molecule has 1 unspecified atom stereocenters. The Morgan fingerprint density at radius 1 is 1.41 bits per heavy atom. The molecule has 1 atom stereocenters. The maximum absolute atomic E-state index is 11.8. The Morgan fingerprint density at radius 3 is 2.71 bits per heavy atom. The van der Waals surface area contributed by atoms with E-state index in [0.29, 0.717) is 19.6 Å². The number of carbonyl (C=O) groups excluding carboxylic acids is 2. The van der Waals surface area contributed by atoms with Crippen LogP contribution in [0.3, 0.4) is 0 Å². The molecule has 2 rings (SSSR count). The lowest BCUT2D eigenvalue weighted by atomic mass is 9.62. The van der Waals surface area contributed by atoms with Gasteiger partial charge < -0.3 is 14.8 Å². The second-order valence-electron chi connectivity index (χ2n) is 4.78. The van der Waals surface area contributed by atoms with Gasteiger partial charge in [-0.05, 0) is 26.7 Å². The molecule has 5 nitrogen and oxygen atoms in total. The van der Waals surface area contributed by atoms with Crippen molar-refractivity contribution in [2.75, 3.05) is 13.2 Å². The van der Waals surface area contributed by atoms with Crippen LogP contribution < -0.4 is 5.32 Å². The lowest BCUT2D eigenvalue weighted by Gasteiger charge is -2.46. The summed E-state index contributed by atoms with van der Waals surface area (Å²) in [6.45, 7) is 4.74. The molecule has 2 aliphatic rings. The maximum Gasteiger partial charge on any atom is 0.329 e. The first-order valence-electron chi connectivity index (χ1n) is 6.19. The summed E-state index contributed by atoms with van der Waals surface area (Å²) in [6, 6.07) is -0.480. The van der Waals surface area contributed by atoms with Gasteiger partial charge in [0.05, 0.1) is 12.7 Å². The number of rotatable bonds is 4. The molecule has 96 valence electrons. The molecule has 1 aliphatic heterocycles. The normalized spacial score (nSPS) is 35.5. The zero-order chi connectivity index (χ0) is 12.5. The molecule has 1 amide bonds. The van der Waals surface area contributed by atoms with Gasteiger partial charge in [0.15, 0.2) is 0 Å². The fourth-order valence-electron chi connectivity index (χ4n) is 2.90. The Kier molecular flexibility index (Phi) is 3.38. The molecule has 1 saturated heterocycles. The van der Waals surface area contributed by atoms with E-state index in [4.69, 9.17) is 9.47 Å². The van der Waals surface area contributed by atoms with E-state index < -0.39 is 6.04 Å². The highest BCUT2D eigenvalue weighted by atomic mass is 16.5. The van der Waals surface area contributed by atoms with Crippen LogP contribution in [0.2, 0.25) is 0 Å². The van der Waals surface area contributed by atoms with Gasteiger partial charge in [-0.1, -0.05) is 0 Å². The van der Waals surface area contributed by atoms with Gasteiger partial charge >= 0.3 is 5.97 Å². The lowest BCUT2D eigenvalue weighted by molar-refractivity contribution is -0.155. The van der Waals surface area contributed by atoms with E-state index in [0.717, 1.165) is 12.8 Å². The topological polar surface area (TPSA) is 64.6 Å². The number of nitrogens with one attached hydrogen (secondary N) is 1. The van der Waals surface area contributed by atoms with Crippen LogP contribution in [0, 0.1) is 5.41 Å². The number of hydrogen-bond acceptors (Lipinski definition) is 4. The molecule has 17 heavy (non-hydrogen) atoms. The molecule has 2 fully saturated rings. The van der Waals surface area contributed by atoms with Crippen LogP contribution in [-0.4, -0.2) is 37.2 Å². The molecule has 0 aromatic carbocycles. The van der Waals surface area contributed by atoms with E-state index in [2.05, 4.69) is 5.32 Å². The summed E-state index contributed by atoms with van der Waals surface area (Å²) in [4.78, 5) is 23.3. The number of amides is 1. The summed E-state index contributed by atoms with van der Waals surface area (Å²) < 4.78 is 10.5. The summed E-state index contributed by atoms with van der Waals surface area (Å²) in [5.41, 5.74) is -0.261. The van der Waals surface area contributed by atoms with Crippen LogP contribution in [0.5, 0.6) is 0 Å². The minimum absolute atomic E-state index is 0.0574. The Balaban J connectivity index is 2.01. The molecule has 0 aromatic heterocycles. The first kappa shape index (κ1) is 12.4. The van der Waals surface area contributed by atoms with Crippen molar-refractivity contribution in [3.05, 3.63) is 0 Å². The third-order valence-corrected chi connectivity index (χ3v) is 3.62. The molecular formula is C12H19NO4. The third-order valence-electron chi connectivity index (χ3n) is 3.62. The molecule has 1 spiro atoms. The fraction of sp³-hybridized carbons (Fsp3) is 0.833. The lowest BCUT2D eigenvalue weighted by Crippen LogP contribution is -2.53. The van der Waals surface area contributed by atoms with Gasteiger partial charge in [-0.3, -0.25) is 4.79 Å². The first-order valence-corrected chi connectivity index (χ1v) is 6.19. The molecule has 1 N–H and O–H groups in total. The van der Waals surface area contributed by atoms with E-state index in [-0.39, 0.29) is 23.4 Å². The summed E-state index contributed by atoms with van der Waals surface area (Å²) in [7, 11) is 0. The van der Waals surface area contributed by atoms with Crippen LogP contribution in [0.15, 0.2) is 0 Å². The number of ether oxygens (including phenoxy) is 2. The number of carbonyl (C=O) groups is 2. The van der Waals surface area contributed by atoms with Crippen LogP contribution in [0.4, 0.5) is 0 Å². The van der Waals surface area contributed by atoms with Gasteiger partial charge in [0.1, 0.15) is 6.04 Å². The standard InChI is InChI=1S/C12H19NO4/c1-3-16-8-5-12(6-8)7-9(14)13-10(12)11(15)17-4-2/h8,10H,3-7H2,1-2H3,(H,13,14). The number of hydrogen-bond donors (Lipinski definition) is 1. The van der Waals surface area contributed by atoms with Gasteiger partial charge in [-0.15, -0.1) is 0 Å². The third kappa shape index (κ3) is 2.16. The SMILES string of the molecule is CCOC(=O)C1NC(=O)CC12CC(OCC)C2. The smallest absolute Gasteiger partial charge is 0.329 e. The highest BCUT2D eigenvalue weighted by molar-refractivity contribution is 5.90. The van der Waals surface area contributed by atoms with E-state index in [1.54, 1.807) is 6.92 Å². The van der Waals surface area contributed by atoms with Gasteiger partial charge in [0.25, 0.3) is 0 Å². The molecule has 1 saturated carbocycles. The summed E-state index contributed by atoms with van der Waals surface area (Å²) in [6.07, 6.45) is 2.14. The minimum atomic E-state index is -0.480. The van der Waals surface area contributed by atoms with Crippen LogP contribution in [0.1, 0.15) is 33.1 Å². The van der Waals surface area contributed by atoms with Gasteiger partial charge in [0, 0.05) is 18.4 Å². The van der Waals surface area contributed by atoms with Crippen LogP contribution >= 0.6 is 0 Å². The first-order chi connectivity index (χ1) is 8.11. The fourth-order valence-corrected chi connectivity index (χ4v) is 2.90. The zero-order valence-corrected chi connectivity index (χ0v) is 10.3. The maximum atomic E-state index is 11.8. The molecule has 0 aromatic rings. The summed E-state index contributed by atoms with van der Waals surface area (Å²) in [5, 5.41) is 2.72. The molecule has 5 heteroatoms. The Hall–Kier alpha value is -1.10. The van der Waals surface area contributed by atoms with Crippen molar-refractivity contribution < 1.29 is 19.1 Å². The van der Waals surface area contributed by atoms with Crippen LogP contribution in [0.25, 0.3) is 0 Å². The van der Waals surface area contributed by atoms with Gasteiger partial charge in [-0.25, -0.2) is 4.79 Å². The minimum Gasteiger partial charge on any atom is -0.464 e. The van der Waals surface area contributed by atoms with Crippen molar-refractivity contribution in [2.24, 2.45) is 5.41 Å². The molecule has 0 bridgehead atoms. The van der Waals surface area contributed by atoms with Gasteiger partial charge in [-0.2, -0.15) is 0 Å². The highest BCUT2D eigenvalue weighted by Crippen LogP contribution is 2.51. The average molecular weight is 241 g/mol. The van der Waals surface area contributed by atoms with Crippen LogP contribution in [-0.2, 0) is 19.1 Å². The van der Waals surface area contributed by atoms with Crippen molar-refractivity contribution in [3.8, 4) is 0 Å². The molecule has 1 aliphatic carbocycles. The average Bonchev–Trinajstić information content (AvgIpc) is 2.56. The van der Waals surface area contributed by atoms with Crippen molar-refractivity contribution in [1.29, 1.82) is 0 Å². The predicted molar refractivity (Wildman–Crippen MR) is 60.3 cm³/mol. The highest BCUT2D eigenvalue weighted by Gasteiger charge is 2.58. The quantitative estimate of drug-likeness (QED) is 0.733. The summed E-state index contributed by atoms with van der Waals surface area (Å²) in [5.74, 6) is -0.369. The van der Waals surface area contributed by atoms with Crippen molar-refractivity contribution in [3.63, 3.8) is 0 Å². The Labute approximate surface area is 101 Å². The van der Waals surface area contributed by atoms with Crippen molar-refractivity contribution in [1.82, 2.24) is 5.32 Å². The van der Waals surface area contributed by atoms with Crippen molar-refractivity contribution in [2.45, 2.75) is 45.3 Å². The van der Waals surface area contributed by atoms with E-state index in [1.165, 1.54) is 0 Å². The van der Waals surface area contributed by atoms with E-state index in [9.17, 15) is 9.59 Å². The van der Waals surface area contributed by atoms with E-state index in [1.807, 2.05) is 6.92 Å². The largest absolute Gasteiger partial charge is 0.464 e.